The number of aryl methyl sites for hydroxylation is 1. The number of hydrogen-bond donors (Lipinski definition) is 0. The molecule has 4 heterocycles. The van der Waals surface area contributed by atoms with Gasteiger partial charge < -0.3 is 14.4 Å². The number of carbonyl (C=O) groups excluding carboxylic acids is 2. The fraction of sp³-hybridized carbons (Fsp3) is 0.522. The minimum atomic E-state index is -0.661. The Kier molecular flexibility index (Phi) is 6.57. The maximum Gasteiger partial charge on any atom is 0.240 e. The van der Waals surface area contributed by atoms with Crippen molar-refractivity contribution in [3.8, 4) is 11.5 Å². The predicted molar refractivity (Wildman–Crippen MR) is 130 cm³/mol. The van der Waals surface area contributed by atoms with Crippen LogP contribution in [0.25, 0.3) is 0 Å². The molecule has 1 aromatic carbocycles. The zero-order valence-electron chi connectivity index (χ0n) is 19.1. The molecule has 2 amide bonds. The number of carbonyl (C=O) groups is 2. The van der Waals surface area contributed by atoms with Crippen LogP contribution >= 0.6 is 23.7 Å². The van der Waals surface area contributed by atoms with Gasteiger partial charge >= 0.3 is 0 Å². The van der Waals surface area contributed by atoms with Crippen molar-refractivity contribution >= 4 is 46.4 Å². The lowest BCUT2D eigenvalue weighted by molar-refractivity contribution is -0.124. The number of halogens is 1. The highest BCUT2D eigenvalue weighted by Crippen LogP contribution is 2.42. The SMILES string of the molecule is Cc1nc(N2CCN(C[C@H]3COc4ccccc4O3)CC2)c(N2C(=O)CC(C)(C)C2=O)s1.Cl. The van der Waals surface area contributed by atoms with Crippen molar-refractivity contribution in [3.05, 3.63) is 29.3 Å². The molecular formula is C23H29ClN4O4S. The average molecular weight is 493 g/mol. The van der Waals surface area contributed by atoms with Gasteiger partial charge in [-0.2, -0.15) is 0 Å². The molecule has 0 radical (unpaired) electrons. The molecule has 0 spiro atoms. The fourth-order valence-corrected chi connectivity index (χ4v) is 5.45. The lowest BCUT2D eigenvalue weighted by atomic mass is 9.92. The fourth-order valence-electron chi connectivity index (χ4n) is 4.49. The number of ether oxygens (including phenoxy) is 2. The van der Waals surface area contributed by atoms with Crippen LogP contribution in [0.2, 0.25) is 0 Å². The summed E-state index contributed by atoms with van der Waals surface area (Å²) in [6, 6.07) is 7.76. The smallest absolute Gasteiger partial charge is 0.240 e. The number of imide groups is 1. The number of fused-ring (bicyclic) bond motifs is 1. The first-order chi connectivity index (χ1) is 15.3. The van der Waals surface area contributed by atoms with Crippen molar-refractivity contribution in [2.24, 2.45) is 5.41 Å². The Morgan fingerprint density at radius 3 is 2.48 bits per heavy atom. The summed E-state index contributed by atoms with van der Waals surface area (Å²) in [6.07, 6.45) is 0.235. The van der Waals surface area contributed by atoms with Crippen LogP contribution in [0.4, 0.5) is 10.8 Å². The van der Waals surface area contributed by atoms with E-state index in [1.165, 1.54) is 16.2 Å². The van der Waals surface area contributed by atoms with Gasteiger partial charge in [0.25, 0.3) is 0 Å². The highest BCUT2D eigenvalue weighted by Gasteiger charge is 2.47. The van der Waals surface area contributed by atoms with E-state index in [9.17, 15) is 9.59 Å². The topological polar surface area (TPSA) is 75.2 Å². The lowest BCUT2D eigenvalue weighted by Crippen LogP contribution is -2.51. The molecule has 1 atom stereocenters. The van der Waals surface area contributed by atoms with Crippen molar-refractivity contribution in [2.75, 3.05) is 49.1 Å². The molecule has 2 aromatic rings. The molecule has 2 fully saturated rings. The normalized spacial score (nSPS) is 22.5. The number of nitrogens with zero attached hydrogens (tertiary/aromatic N) is 4. The molecule has 0 N–H and O–H groups in total. The van der Waals surface area contributed by atoms with Gasteiger partial charge in [0.05, 0.1) is 10.4 Å². The largest absolute Gasteiger partial charge is 0.486 e. The zero-order valence-corrected chi connectivity index (χ0v) is 20.7. The van der Waals surface area contributed by atoms with E-state index in [4.69, 9.17) is 14.5 Å². The third-order valence-electron chi connectivity index (χ3n) is 6.23. The Morgan fingerprint density at radius 2 is 1.82 bits per heavy atom. The summed E-state index contributed by atoms with van der Waals surface area (Å²) in [5.41, 5.74) is -0.661. The molecule has 0 saturated carbocycles. The van der Waals surface area contributed by atoms with Crippen molar-refractivity contribution in [3.63, 3.8) is 0 Å². The van der Waals surface area contributed by atoms with Crippen LogP contribution in [0.1, 0.15) is 25.3 Å². The predicted octanol–water partition coefficient (Wildman–Crippen LogP) is 3.12. The summed E-state index contributed by atoms with van der Waals surface area (Å²) in [7, 11) is 0. The minimum absolute atomic E-state index is 0. The molecule has 3 aliphatic heterocycles. The average Bonchev–Trinajstić information content (AvgIpc) is 3.23. The van der Waals surface area contributed by atoms with Crippen LogP contribution in [0, 0.1) is 12.3 Å². The summed E-state index contributed by atoms with van der Waals surface area (Å²) >= 11 is 1.42. The molecular weight excluding hydrogens is 464 g/mol. The van der Waals surface area contributed by atoms with E-state index in [2.05, 4.69) is 9.80 Å². The molecule has 0 aliphatic carbocycles. The van der Waals surface area contributed by atoms with Gasteiger partial charge in [-0.15, -0.1) is 12.4 Å². The van der Waals surface area contributed by atoms with Gasteiger partial charge in [-0.3, -0.25) is 14.5 Å². The highest BCUT2D eigenvalue weighted by molar-refractivity contribution is 7.16. The number of benzene rings is 1. The van der Waals surface area contributed by atoms with E-state index in [0.29, 0.717) is 11.6 Å². The van der Waals surface area contributed by atoms with Crippen molar-refractivity contribution in [1.29, 1.82) is 0 Å². The molecule has 33 heavy (non-hydrogen) atoms. The van der Waals surface area contributed by atoms with Crippen LogP contribution < -0.4 is 19.3 Å². The zero-order chi connectivity index (χ0) is 22.5. The highest BCUT2D eigenvalue weighted by atomic mass is 35.5. The van der Waals surface area contributed by atoms with Gasteiger partial charge in [-0.05, 0) is 19.1 Å². The third-order valence-corrected chi connectivity index (χ3v) is 7.17. The van der Waals surface area contributed by atoms with Gasteiger partial charge in [-0.1, -0.05) is 37.3 Å². The summed E-state index contributed by atoms with van der Waals surface area (Å²) in [5.74, 6) is 2.07. The Balaban J connectivity index is 0.00000259. The van der Waals surface area contributed by atoms with E-state index in [1.54, 1.807) is 0 Å². The van der Waals surface area contributed by atoms with Crippen molar-refractivity contribution in [1.82, 2.24) is 9.88 Å². The number of para-hydroxylation sites is 2. The van der Waals surface area contributed by atoms with E-state index in [-0.39, 0.29) is 36.7 Å². The van der Waals surface area contributed by atoms with Crippen molar-refractivity contribution < 1.29 is 19.1 Å². The van der Waals surface area contributed by atoms with Gasteiger partial charge in [0.1, 0.15) is 17.7 Å². The van der Waals surface area contributed by atoms with Crippen LogP contribution in [0.15, 0.2) is 24.3 Å². The molecule has 8 nitrogen and oxygen atoms in total. The number of piperazine rings is 1. The van der Waals surface area contributed by atoms with E-state index in [1.807, 2.05) is 45.0 Å². The number of amides is 2. The summed E-state index contributed by atoms with van der Waals surface area (Å²) in [6.45, 7) is 10.2. The second-order valence-electron chi connectivity index (χ2n) is 9.24. The van der Waals surface area contributed by atoms with E-state index < -0.39 is 5.41 Å². The maximum atomic E-state index is 12.9. The summed E-state index contributed by atoms with van der Waals surface area (Å²) in [5, 5.41) is 1.52. The summed E-state index contributed by atoms with van der Waals surface area (Å²) in [4.78, 5) is 36.1. The van der Waals surface area contributed by atoms with Crippen LogP contribution in [0.3, 0.4) is 0 Å². The lowest BCUT2D eigenvalue weighted by Gasteiger charge is -2.38. The molecule has 5 rings (SSSR count). The number of anilines is 2. The molecule has 3 aliphatic rings. The minimum Gasteiger partial charge on any atom is -0.486 e. The van der Waals surface area contributed by atoms with Gasteiger partial charge in [-0.25, -0.2) is 9.88 Å². The number of rotatable bonds is 4. The second kappa shape index (κ2) is 9.12. The second-order valence-corrected chi connectivity index (χ2v) is 10.4. The standard InChI is InChI=1S/C23H28N4O4S.ClH/c1-15-24-20(21(32-15)27-19(28)12-23(2,3)22(27)29)26-10-8-25(9-11-26)13-16-14-30-17-6-4-5-7-18(17)31-16;/h4-7,16H,8-14H2,1-3H3;1H/t16-;/m0./s1. The van der Waals surface area contributed by atoms with E-state index >= 15 is 0 Å². The van der Waals surface area contributed by atoms with Crippen LogP contribution in [0.5, 0.6) is 11.5 Å². The first kappa shape index (κ1) is 23.8. The molecule has 1 aromatic heterocycles. The monoisotopic (exact) mass is 492 g/mol. The maximum absolute atomic E-state index is 12.9. The van der Waals surface area contributed by atoms with Crippen LogP contribution in [-0.4, -0.2) is 67.1 Å². The number of thiazole rings is 1. The van der Waals surface area contributed by atoms with Crippen LogP contribution in [-0.2, 0) is 9.59 Å². The Hall–Kier alpha value is -2.36. The van der Waals surface area contributed by atoms with Gasteiger partial charge in [0.15, 0.2) is 17.3 Å². The first-order valence-corrected chi connectivity index (χ1v) is 11.8. The van der Waals surface area contributed by atoms with Crippen molar-refractivity contribution in [2.45, 2.75) is 33.3 Å². The van der Waals surface area contributed by atoms with Gasteiger partial charge in [0, 0.05) is 39.1 Å². The Bertz CT molecular complexity index is 1050. The number of aromatic nitrogens is 1. The molecule has 10 heteroatoms. The molecule has 0 unspecified atom stereocenters. The van der Waals surface area contributed by atoms with E-state index in [0.717, 1.165) is 55.0 Å². The quantitative estimate of drug-likeness (QED) is 0.607. The summed E-state index contributed by atoms with van der Waals surface area (Å²) < 4.78 is 11.9. The Morgan fingerprint density at radius 1 is 1.12 bits per heavy atom. The number of hydrogen-bond acceptors (Lipinski definition) is 8. The molecule has 2 saturated heterocycles. The third kappa shape index (κ3) is 4.54. The first-order valence-electron chi connectivity index (χ1n) is 11.0. The molecule has 0 bridgehead atoms. The molecule has 178 valence electrons. The Labute approximate surface area is 203 Å². The van der Waals surface area contributed by atoms with Gasteiger partial charge in [0.2, 0.25) is 11.8 Å².